The number of guanidine groups is 1. The average Bonchev–Trinajstić information content (AvgIpc) is 2.05. The lowest BCUT2D eigenvalue weighted by Crippen LogP contribution is -2.26. The Morgan fingerprint density at radius 2 is 1.92 bits per heavy atom. The van der Waals surface area contributed by atoms with E-state index in [1.165, 1.54) is 0 Å². The van der Waals surface area contributed by atoms with Crippen LogP contribution in [0.2, 0.25) is 0 Å². The molecule has 0 amide bonds. The summed E-state index contributed by atoms with van der Waals surface area (Å²) in [5, 5.41) is 3.64. The Morgan fingerprint density at radius 3 is 2.50 bits per heavy atom. The quantitative estimate of drug-likeness (QED) is 0.333. The molecule has 1 aromatic carbocycles. The predicted molar refractivity (Wildman–Crippen MR) is 49.1 cm³/mol. The van der Waals surface area contributed by atoms with Crippen molar-refractivity contribution in [3.63, 3.8) is 0 Å². The van der Waals surface area contributed by atoms with Crippen molar-refractivity contribution in [2.24, 2.45) is 16.6 Å². The summed E-state index contributed by atoms with van der Waals surface area (Å²) in [7, 11) is 0. The molecule has 0 atom stereocenters. The highest BCUT2D eigenvalue weighted by atomic mass is 15.3. The highest BCUT2D eigenvalue weighted by Crippen LogP contribution is 1.96. The second kappa shape index (κ2) is 4.23. The molecule has 0 saturated heterocycles. The lowest BCUT2D eigenvalue weighted by atomic mass is 10.2. The summed E-state index contributed by atoms with van der Waals surface area (Å²) < 4.78 is 0. The third kappa shape index (κ3) is 2.92. The molecule has 0 aliphatic rings. The fraction of sp³-hybridized carbons (Fsp3) is 0.125. The van der Waals surface area contributed by atoms with Gasteiger partial charge in [-0.15, -0.1) is 5.10 Å². The van der Waals surface area contributed by atoms with Crippen molar-refractivity contribution in [1.82, 2.24) is 5.43 Å². The summed E-state index contributed by atoms with van der Waals surface area (Å²) in [6, 6.07) is 9.88. The van der Waals surface area contributed by atoms with Crippen molar-refractivity contribution in [2.45, 2.75) is 6.54 Å². The Balaban J connectivity index is 2.39. The van der Waals surface area contributed by atoms with Crippen LogP contribution in [-0.4, -0.2) is 5.96 Å². The number of hydrogen-bond donors (Lipinski definition) is 3. The highest BCUT2D eigenvalue weighted by molar-refractivity contribution is 5.75. The zero-order valence-electron chi connectivity index (χ0n) is 6.70. The molecule has 5 N–H and O–H groups in total. The monoisotopic (exact) mass is 164 g/mol. The summed E-state index contributed by atoms with van der Waals surface area (Å²) in [5.74, 6) is 0.0472. The summed E-state index contributed by atoms with van der Waals surface area (Å²) >= 11 is 0. The number of nitrogens with two attached hydrogens (primary N) is 2. The molecular weight excluding hydrogens is 152 g/mol. The van der Waals surface area contributed by atoms with Gasteiger partial charge >= 0.3 is 0 Å². The van der Waals surface area contributed by atoms with Gasteiger partial charge in [-0.3, -0.25) is 0 Å². The molecule has 0 aliphatic heterocycles. The molecule has 0 bridgehead atoms. The number of hydrogen-bond acceptors (Lipinski definition) is 2. The van der Waals surface area contributed by atoms with E-state index in [2.05, 4.69) is 10.5 Å². The largest absolute Gasteiger partial charge is 0.369 e. The Morgan fingerprint density at radius 1 is 1.25 bits per heavy atom. The van der Waals surface area contributed by atoms with Gasteiger partial charge in [-0.2, -0.15) is 0 Å². The second-order valence-electron chi connectivity index (χ2n) is 2.36. The molecule has 1 rings (SSSR count). The van der Waals surface area contributed by atoms with Crippen molar-refractivity contribution in [3.8, 4) is 0 Å². The molecule has 64 valence electrons. The van der Waals surface area contributed by atoms with Crippen LogP contribution >= 0.6 is 0 Å². The van der Waals surface area contributed by atoms with Gasteiger partial charge < -0.3 is 16.9 Å². The molecule has 0 heterocycles. The van der Waals surface area contributed by atoms with Crippen molar-refractivity contribution in [2.75, 3.05) is 0 Å². The first-order valence-electron chi connectivity index (χ1n) is 3.64. The van der Waals surface area contributed by atoms with E-state index in [4.69, 9.17) is 11.5 Å². The maximum Gasteiger partial charge on any atom is 0.208 e. The van der Waals surface area contributed by atoms with E-state index in [0.717, 1.165) is 5.56 Å². The molecule has 0 aromatic heterocycles. The van der Waals surface area contributed by atoms with Gasteiger partial charge in [-0.05, 0) is 5.56 Å². The second-order valence-corrected chi connectivity index (χ2v) is 2.36. The van der Waals surface area contributed by atoms with E-state index < -0.39 is 0 Å². The number of nitrogens with zero attached hydrogens (tertiary/aromatic N) is 1. The molecule has 0 unspecified atom stereocenters. The Labute approximate surface area is 71.3 Å². The van der Waals surface area contributed by atoms with E-state index in [1.807, 2.05) is 30.3 Å². The lowest BCUT2D eigenvalue weighted by Gasteiger charge is -1.99. The maximum absolute atomic E-state index is 5.12. The van der Waals surface area contributed by atoms with Gasteiger partial charge in [0, 0.05) is 0 Å². The SMILES string of the molecule is NC(N)=NNCc1ccccc1. The topological polar surface area (TPSA) is 76.4 Å². The molecule has 0 spiro atoms. The van der Waals surface area contributed by atoms with Gasteiger partial charge in [-0.25, -0.2) is 0 Å². The van der Waals surface area contributed by atoms with Crippen molar-refractivity contribution in [3.05, 3.63) is 35.9 Å². The zero-order valence-corrected chi connectivity index (χ0v) is 6.70. The summed E-state index contributed by atoms with van der Waals surface area (Å²) in [4.78, 5) is 0. The van der Waals surface area contributed by atoms with Crippen molar-refractivity contribution < 1.29 is 0 Å². The van der Waals surface area contributed by atoms with Crippen molar-refractivity contribution in [1.29, 1.82) is 0 Å². The van der Waals surface area contributed by atoms with Crippen LogP contribution < -0.4 is 16.9 Å². The van der Waals surface area contributed by atoms with E-state index in [0.29, 0.717) is 6.54 Å². The third-order valence-corrected chi connectivity index (χ3v) is 1.33. The molecular formula is C8H12N4. The molecule has 0 fully saturated rings. The Bertz CT molecular complexity index is 251. The molecule has 0 saturated carbocycles. The van der Waals surface area contributed by atoms with Gasteiger partial charge in [0.2, 0.25) is 5.96 Å². The number of rotatable bonds is 3. The fourth-order valence-corrected chi connectivity index (χ4v) is 0.818. The number of hydrazone groups is 1. The zero-order chi connectivity index (χ0) is 8.81. The first kappa shape index (κ1) is 8.39. The van der Waals surface area contributed by atoms with Crippen LogP contribution in [0.3, 0.4) is 0 Å². The minimum Gasteiger partial charge on any atom is -0.369 e. The van der Waals surface area contributed by atoms with Gasteiger partial charge in [0.15, 0.2) is 0 Å². The first-order chi connectivity index (χ1) is 5.79. The minimum absolute atomic E-state index is 0.0472. The molecule has 4 nitrogen and oxygen atoms in total. The third-order valence-electron chi connectivity index (χ3n) is 1.33. The lowest BCUT2D eigenvalue weighted by molar-refractivity contribution is 0.741. The number of nitrogens with one attached hydrogen (secondary N) is 1. The average molecular weight is 164 g/mol. The molecule has 1 aromatic rings. The molecule has 4 heteroatoms. The van der Waals surface area contributed by atoms with E-state index >= 15 is 0 Å². The van der Waals surface area contributed by atoms with E-state index in [1.54, 1.807) is 0 Å². The van der Waals surface area contributed by atoms with Gasteiger partial charge in [0.05, 0.1) is 6.54 Å². The highest BCUT2D eigenvalue weighted by Gasteiger charge is 1.87. The van der Waals surface area contributed by atoms with E-state index in [-0.39, 0.29) is 5.96 Å². The minimum atomic E-state index is 0.0472. The Hall–Kier alpha value is -1.71. The van der Waals surface area contributed by atoms with Crippen LogP contribution in [0.4, 0.5) is 0 Å². The normalized spacial score (nSPS) is 9.00. The fourth-order valence-electron chi connectivity index (χ4n) is 0.818. The Kier molecular flexibility index (Phi) is 2.95. The molecule has 0 aliphatic carbocycles. The van der Waals surface area contributed by atoms with Crippen LogP contribution in [-0.2, 0) is 6.54 Å². The number of benzene rings is 1. The summed E-state index contributed by atoms with van der Waals surface area (Å²) in [6.07, 6.45) is 0. The van der Waals surface area contributed by atoms with Gasteiger partial charge in [-0.1, -0.05) is 30.3 Å². The van der Waals surface area contributed by atoms with Gasteiger partial charge in [0.25, 0.3) is 0 Å². The standard InChI is InChI=1S/C8H12N4/c9-8(10)12-11-6-7-4-2-1-3-5-7/h1-5,11H,6H2,(H4,9,10,12). The predicted octanol–water partition coefficient (Wildman–Crippen LogP) is -0.0354. The van der Waals surface area contributed by atoms with Crippen LogP contribution in [0, 0.1) is 0 Å². The van der Waals surface area contributed by atoms with Crippen LogP contribution in [0.15, 0.2) is 35.4 Å². The first-order valence-corrected chi connectivity index (χ1v) is 3.64. The van der Waals surface area contributed by atoms with E-state index in [9.17, 15) is 0 Å². The van der Waals surface area contributed by atoms with Crippen LogP contribution in [0.1, 0.15) is 5.56 Å². The van der Waals surface area contributed by atoms with Crippen LogP contribution in [0.25, 0.3) is 0 Å². The maximum atomic E-state index is 5.12. The molecule has 0 radical (unpaired) electrons. The summed E-state index contributed by atoms with van der Waals surface area (Å²) in [6.45, 7) is 0.638. The van der Waals surface area contributed by atoms with Crippen LogP contribution in [0.5, 0.6) is 0 Å². The van der Waals surface area contributed by atoms with Gasteiger partial charge in [0.1, 0.15) is 0 Å². The molecule has 12 heavy (non-hydrogen) atoms. The summed E-state index contributed by atoms with van der Waals surface area (Å²) in [5.41, 5.74) is 14.1. The van der Waals surface area contributed by atoms with Crippen molar-refractivity contribution >= 4 is 5.96 Å². The smallest absolute Gasteiger partial charge is 0.208 e.